The van der Waals surface area contributed by atoms with Crippen LogP contribution in [0.4, 0.5) is 0 Å². The Bertz CT molecular complexity index is 404. The first kappa shape index (κ1) is 10.5. The highest BCUT2D eigenvalue weighted by atomic mass is 35.5. The molecule has 0 amide bonds. The highest BCUT2D eigenvalue weighted by Crippen LogP contribution is 2.21. The van der Waals surface area contributed by atoms with Crippen molar-refractivity contribution in [1.82, 2.24) is 0 Å². The normalized spacial score (nSPS) is 19.9. The van der Waals surface area contributed by atoms with E-state index in [0.29, 0.717) is 6.54 Å². The third-order valence-electron chi connectivity index (χ3n) is 2.50. The van der Waals surface area contributed by atoms with E-state index >= 15 is 0 Å². The number of aryl methyl sites for hydroxylation is 1. The summed E-state index contributed by atoms with van der Waals surface area (Å²) in [7, 11) is 0. The second-order valence-electron chi connectivity index (χ2n) is 3.67. The summed E-state index contributed by atoms with van der Waals surface area (Å²) in [6, 6.07) is 5.90. The lowest BCUT2D eigenvalue weighted by molar-refractivity contribution is 0.0918. The summed E-state index contributed by atoms with van der Waals surface area (Å²) >= 11 is 6.04. The largest absolute Gasteiger partial charge is 0.390 e. The van der Waals surface area contributed by atoms with Crippen molar-refractivity contribution in [3.63, 3.8) is 0 Å². The molecule has 15 heavy (non-hydrogen) atoms. The lowest BCUT2D eigenvalue weighted by atomic mass is 10.0. The molecule has 0 aliphatic carbocycles. The van der Waals surface area contributed by atoms with Crippen molar-refractivity contribution in [3.8, 4) is 0 Å². The summed E-state index contributed by atoms with van der Waals surface area (Å²) in [5, 5.41) is 4.76. The summed E-state index contributed by atoms with van der Waals surface area (Å²) < 4.78 is 0. The van der Waals surface area contributed by atoms with Crippen LogP contribution in [0.2, 0.25) is 5.02 Å². The summed E-state index contributed by atoms with van der Waals surface area (Å²) in [6.07, 6.45) is 0.774. The second kappa shape index (κ2) is 4.21. The van der Waals surface area contributed by atoms with Gasteiger partial charge in [-0.1, -0.05) is 28.9 Å². The predicted molar refractivity (Wildman–Crippen MR) is 61.3 cm³/mol. The Labute approximate surface area is 93.9 Å². The Hall–Kier alpha value is -1.06. The summed E-state index contributed by atoms with van der Waals surface area (Å²) in [6.45, 7) is 2.47. The maximum absolute atomic E-state index is 6.04. The second-order valence-corrected chi connectivity index (χ2v) is 4.08. The molecule has 0 spiro atoms. The Kier molecular flexibility index (Phi) is 2.93. The SMILES string of the molecule is Cc1ccc(C2=NOC(CN)C2)cc1Cl. The van der Waals surface area contributed by atoms with Crippen molar-refractivity contribution in [2.45, 2.75) is 19.4 Å². The molecule has 0 aromatic heterocycles. The van der Waals surface area contributed by atoms with Crippen LogP contribution in [0.3, 0.4) is 0 Å². The van der Waals surface area contributed by atoms with Crippen LogP contribution in [-0.4, -0.2) is 18.4 Å². The van der Waals surface area contributed by atoms with E-state index in [4.69, 9.17) is 22.2 Å². The molecule has 3 nitrogen and oxygen atoms in total. The van der Waals surface area contributed by atoms with Crippen LogP contribution in [-0.2, 0) is 4.84 Å². The number of nitrogens with two attached hydrogens (primary N) is 1. The molecule has 80 valence electrons. The fourth-order valence-electron chi connectivity index (χ4n) is 1.50. The number of hydrogen-bond donors (Lipinski definition) is 1. The number of benzene rings is 1. The molecule has 1 aromatic carbocycles. The van der Waals surface area contributed by atoms with Crippen molar-refractivity contribution in [2.75, 3.05) is 6.54 Å². The van der Waals surface area contributed by atoms with Crippen molar-refractivity contribution < 1.29 is 4.84 Å². The highest BCUT2D eigenvalue weighted by Gasteiger charge is 2.20. The van der Waals surface area contributed by atoms with Crippen molar-refractivity contribution in [1.29, 1.82) is 0 Å². The summed E-state index contributed by atoms with van der Waals surface area (Å²) in [5.41, 5.74) is 8.51. The van der Waals surface area contributed by atoms with Gasteiger partial charge in [0, 0.05) is 23.6 Å². The van der Waals surface area contributed by atoms with E-state index in [1.165, 1.54) is 0 Å². The van der Waals surface area contributed by atoms with E-state index < -0.39 is 0 Å². The number of hydrogen-bond acceptors (Lipinski definition) is 3. The first-order valence-electron chi connectivity index (χ1n) is 4.90. The van der Waals surface area contributed by atoms with Gasteiger partial charge in [0.15, 0.2) is 0 Å². The number of halogens is 1. The van der Waals surface area contributed by atoms with Crippen LogP contribution >= 0.6 is 11.6 Å². The maximum atomic E-state index is 6.04. The molecule has 2 N–H and O–H groups in total. The zero-order valence-electron chi connectivity index (χ0n) is 8.53. The lowest BCUT2D eigenvalue weighted by Gasteiger charge is -2.03. The van der Waals surface area contributed by atoms with Gasteiger partial charge in [-0.05, 0) is 18.6 Å². The molecule has 1 aliphatic heterocycles. The molecule has 1 aromatic rings. The molecule has 0 radical (unpaired) electrons. The first-order valence-corrected chi connectivity index (χ1v) is 5.28. The van der Waals surface area contributed by atoms with Gasteiger partial charge in [0.05, 0.1) is 5.71 Å². The van der Waals surface area contributed by atoms with Crippen LogP contribution in [0.5, 0.6) is 0 Å². The van der Waals surface area contributed by atoms with Crippen molar-refractivity contribution in [2.24, 2.45) is 10.9 Å². The predicted octanol–water partition coefficient (Wildman–Crippen LogP) is 2.10. The van der Waals surface area contributed by atoms with Gasteiger partial charge in [-0.25, -0.2) is 0 Å². The Morgan fingerprint density at radius 2 is 2.40 bits per heavy atom. The smallest absolute Gasteiger partial charge is 0.145 e. The molecule has 0 saturated heterocycles. The molecule has 1 aliphatic rings. The topological polar surface area (TPSA) is 47.6 Å². The van der Waals surface area contributed by atoms with Crippen LogP contribution in [0.15, 0.2) is 23.4 Å². The highest BCUT2D eigenvalue weighted by molar-refractivity contribution is 6.31. The molecule has 4 heteroatoms. The lowest BCUT2D eigenvalue weighted by Crippen LogP contribution is -2.20. The van der Waals surface area contributed by atoms with E-state index in [0.717, 1.165) is 28.3 Å². The van der Waals surface area contributed by atoms with Crippen molar-refractivity contribution >= 4 is 17.3 Å². The van der Waals surface area contributed by atoms with E-state index in [-0.39, 0.29) is 6.10 Å². The summed E-state index contributed by atoms with van der Waals surface area (Å²) in [5.74, 6) is 0. The van der Waals surface area contributed by atoms with Crippen molar-refractivity contribution in [3.05, 3.63) is 34.3 Å². The molecule has 1 heterocycles. The molecule has 1 atom stereocenters. The summed E-state index contributed by atoms with van der Waals surface area (Å²) in [4.78, 5) is 5.16. The zero-order valence-corrected chi connectivity index (χ0v) is 9.29. The molecule has 1 unspecified atom stereocenters. The molecule has 0 saturated carbocycles. The van der Waals surface area contributed by atoms with Gasteiger partial charge in [-0.2, -0.15) is 0 Å². The Morgan fingerprint density at radius 1 is 1.60 bits per heavy atom. The van der Waals surface area contributed by atoms with Gasteiger partial charge >= 0.3 is 0 Å². The number of oxime groups is 1. The molecular weight excluding hydrogens is 212 g/mol. The van der Waals surface area contributed by atoms with Crippen LogP contribution in [0.25, 0.3) is 0 Å². The third-order valence-corrected chi connectivity index (χ3v) is 2.91. The van der Waals surface area contributed by atoms with E-state index in [1.54, 1.807) is 0 Å². The molecular formula is C11H13ClN2O. The van der Waals surface area contributed by atoms with Gasteiger partial charge in [0.2, 0.25) is 0 Å². The number of nitrogens with zero attached hydrogens (tertiary/aromatic N) is 1. The van der Waals surface area contributed by atoms with E-state index in [2.05, 4.69) is 5.16 Å². The maximum Gasteiger partial charge on any atom is 0.145 e. The van der Waals surface area contributed by atoms with Gasteiger partial charge in [-0.15, -0.1) is 0 Å². The van der Waals surface area contributed by atoms with Gasteiger partial charge in [0.25, 0.3) is 0 Å². The number of rotatable bonds is 2. The quantitative estimate of drug-likeness (QED) is 0.837. The standard InChI is InChI=1S/C11H13ClN2O/c1-7-2-3-8(4-10(7)12)11-5-9(6-13)15-14-11/h2-4,9H,5-6,13H2,1H3. The van der Waals surface area contributed by atoms with E-state index in [1.807, 2.05) is 25.1 Å². The van der Waals surface area contributed by atoms with Crippen LogP contribution in [0, 0.1) is 6.92 Å². The molecule has 0 bridgehead atoms. The molecule has 2 rings (SSSR count). The minimum absolute atomic E-state index is 0.0140. The Morgan fingerprint density at radius 3 is 3.00 bits per heavy atom. The fraction of sp³-hybridized carbons (Fsp3) is 0.364. The fourth-order valence-corrected chi connectivity index (χ4v) is 1.68. The average Bonchev–Trinajstić information content (AvgIpc) is 2.70. The van der Waals surface area contributed by atoms with Crippen LogP contribution < -0.4 is 5.73 Å². The van der Waals surface area contributed by atoms with E-state index in [9.17, 15) is 0 Å². The van der Waals surface area contributed by atoms with Crippen LogP contribution in [0.1, 0.15) is 17.5 Å². The Balaban J connectivity index is 2.21. The average molecular weight is 225 g/mol. The van der Waals surface area contributed by atoms with Gasteiger partial charge in [0.1, 0.15) is 6.10 Å². The van der Waals surface area contributed by atoms with Gasteiger partial charge in [-0.3, -0.25) is 0 Å². The first-order chi connectivity index (χ1) is 7.20. The third kappa shape index (κ3) is 2.13. The van der Waals surface area contributed by atoms with Gasteiger partial charge < -0.3 is 10.6 Å². The minimum Gasteiger partial charge on any atom is -0.390 e. The molecule has 0 fully saturated rings. The zero-order chi connectivity index (χ0) is 10.8. The minimum atomic E-state index is 0.0140. The monoisotopic (exact) mass is 224 g/mol.